The van der Waals surface area contributed by atoms with E-state index in [-0.39, 0.29) is 5.75 Å². The monoisotopic (exact) mass is 368 g/mol. The van der Waals surface area contributed by atoms with Crippen LogP contribution in [0.1, 0.15) is 65.4 Å². The maximum Gasteiger partial charge on any atom is 0.343 e. The summed E-state index contributed by atoms with van der Waals surface area (Å²) in [5, 5.41) is 11.0. The van der Waals surface area contributed by atoms with Crippen LogP contribution in [0.25, 0.3) is 11.0 Å². The second-order valence-electron chi connectivity index (χ2n) is 7.80. The second-order valence-corrected chi connectivity index (χ2v) is 7.80. The highest BCUT2D eigenvalue weighted by Crippen LogP contribution is 2.27. The van der Waals surface area contributed by atoms with Crippen LogP contribution in [0.3, 0.4) is 0 Å². The topological polar surface area (TPSA) is 50.4 Å². The van der Waals surface area contributed by atoms with Crippen molar-refractivity contribution in [2.75, 3.05) is 0 Å². The van der Waals surface area contributed by atoms with Gasteiger partial charge in [-0.25, -0.2) is 4.79 Å². The fourth-order valence-electron chi connectivity index (χ4n) is 3.23. The highest BCUT2D eigenvalue weighted by molar-refractivity contribution is 5.83. The number of rotatable bonds is 9. The molecule has 2 aromatic rings. The quantitative estimate of drug-likeness (QED) is 0.404. The average Bonchev–Trinajstić information content (AvgIpc) is 2.61. The van der Waals surface area contributed by atoms with Crippen LogP contribution in [-0.4, -0.2) is 5.11 Å². The number of hydrogen-bond donors (Lipinski definition) is 1. The van der Waals surface area contributed by atoms with Crippen molar-refractivity contribution >= 4 is 11.0 Å². The minimum atomic E-state index is -0.423. The van der Waals surface area contributed by atoms with Crippen LogP contribution in [0.15, 0.2) is 56.8 Å². The van der Waals surface area contributed by atoms with Crippen molar-refractivity contribution in [2.45, 2.75) is 66.2 Å². The summed E-state index contributed by atoms with van der Waals surface area (Å²) in [7, 11) is 0. The average molecular weight is 369 g/mol. The Morgan fingerprint density at radius 2 is 1.85 bits per heavy atom. The molecule has 1 N–H and O–H groups in total. The SMILES string of the molecule is CC(C)=CCC/C(C)=C/CCC(C)CCc1c(O)c2ccccc2oc1=O. The van der Waals surface area contributed by atoms with Gasteiger partial charge in [0, 0.05) is 0 Å². The number of benzene rings is 1. The number of fused-ring (bicyclic) bond motifs is 1. The van der Waals surface area contributed by atoms with Gasteiger partial charge in [0.1, 0.15) is 11.3 Å². The van der Waals surface area contributed by atoms with E-state index in [1.165, 1.54) is 11.1 Å². The molecule has 0 radical (unpaired) electrons. The van der Waals surface area contributed by atoms with Crippen molar-refractivity contribution in [1.82, 2.24) is 0 Å². The van der Waals surface area contributed by atoms with Crippen LogP contribution in [0.5, 0.6) is 5.75 Å². The first-order valence-electron chi connectivity index (χ1n) is 9.91. The number of allylic oxidation sites excluding steroid dienone is 4. The van der Waals surface area contributed by atoms with Gasteiger partial charge in [0.25, 0.3) is 0 Å². The van der Waals surface area contributed by atoms with Crippen molar-refractivity contribution in [3.63, 3.8) is 0 Å². The first-order valence-corrected chi connectivity index (χ1v) is 9.91. The van der Waals surface area contributed by atoms with Gasteiger partial charge in [-0.15, -0.1) is 0 Å². The van der Waals surface area contributed by atoms with Crippen LogP contribution >= 0.6 is 0 Å². The van der Waals surface area contributed by atoms with Gasteiger partial charge < -0.3 is 9.52 Å². The fraction of sp³-hybridized carbons (Fsp3) is 0.458. The van der Waals surface area contributed by atoms with E-state index < -0.39 is 5.63 Å². The lowest BCUT2D eigenvalue weighted by Crippen LogP contribution is -2.09. The van der Waals surface area contributed by atoms with E-state index in [0.29, 0.717) is 28.9 Å². The predicted octanol–water partition coefficient (Wildman–Crippen LogP) is 6.54. The molecule has 1 unspecified atom stereocenters. The molecule has 0 amide bonds. The summed E-state index contributed by atoms with van der Waals surface area (Å²) in [6.45, 7) is 8.66. The Hall–Kier alpha value is -2.29. The molecular weight excluding hydrogens is 336 g/mol. The molecule has 0 saturated carbocycles. The second kappa shape index (κ2) is 10.1. The molecule has 3 nitrogen and oxygen atoms in total. The van der Waals surface area contributed by atoms with Gasteiger partial charge in [0.15, 0.2) is 0 Å². The lowest BCUT2D eigenvalue weighted by Gasteiger charge is -2.11. The normalized spacial score (nSPS) is 13.0. The highest BCUT2D eigenvalue weighted by Gasteiger charge is 2.14. The predicted molar refractivity (Wildman–Crippen MR) is 113 cm³/mol. The summed E-state index contributed by atoms with van der Waals surface area (Å²) in [5.74, 6) is 0.557. The Labute approximate surface area is 162 Å². The van der Waals surface area contributed by atoms with Crippen LogP contribution in [0.2, 0.25) is 0 Å². The third-order valence-electron chi connectivity index (χ3n) is 5.01. The molecule has 0 saturated heterocycles. The molecule has 2 rings (SSSR count). The third-order valence-corrected chi connectivity index (χ3v) is 5.01. The molecule has 0 aliphatic heterocycles. The summed E-state index contributed by atoms with van der Waals surface area (Å²) in [4.78, 5) is 12.2. The van der Waals surface area contributed by atoms with E-state index in [9.17, 15) is 9.90 Å². The van der Waals surface area contributed by atoms with E-state index in [0.717, 1.165) is 32.1 Å². The molecule has 0 spiro atoms. The Kier molecular flexibility index (Phi) is 7.90. The Bertz CT molecular complexity index is 867. The molecule has 146 valence electrons. The van der Waals surface area contributed by atoms with E-state index in [1.807, 2.05) is 6.07 Å². The van der Waals surface area contributed by atoms with E-state index in [2.05, 4.69) is 39.8 Å². The molecular formula is C24H32O3. The van der Waals surface area contributed by atoms with Crippen LogP contribution < -0.4 is 5.63 Å². The van der Waals surface area contributed by atoms with Crippen LogP contribution in [0.4, 0.5) is 0 Å². The van der Waals surface area contributed by atoms with Crippen LogP contribution in [0, 0.1) is 5.92 Å². The van der Waals surface area contributed by atoms with Gasteiger partial charge in [0.05, 0.1) is 10.9 Å². The van der Waals surface area contributed by atoms with Crippen molar-refractivity contribution in [1.29, 1.82) is 0 Å². The fourth-order valence-corrected chi connectivity index (χ4v) is 3.23. The van der Waals surface area contributed by atoms with Crippen molar-refractivity contribution in [3.8, 4) is 5.75 Å². The summed E-state index contributed by atoms with van der Waals surface area (Å²) in [6, 6.07) is 7.11. The summed E-state index contributed by atoms with van der Waals surface area (Å²) in [5.41, 5.74) is 3.22. The smallest absolute Gasteiger partial charge is 0.343 e. The lowest BCUT2D eigenvalue weighted by molar-refractivity contribution is 0.441. The van der Waals surface area contributed by atoms with Gasteiger partial charge in [-0.05, 0) is 77.3 Å². The number of aromatic hydroxyl groups is 1. The first-order chi connectivity index (χ1) is 12.9. The molecule has 1 aromatic heterocycles. The van der Waals surface area contributed by atoms with E-state index in [1.54, 1.807) is 18.2 Å². The van der Waals surface area contributed by atoms with Crippen molar-refractivity contribution in [3.05, 3.63) is 63.5 Å². The lowest BCUT2D eigenvalue weighted by atomic mass is 9.96. The standard InChI is InChI=1S/C24H32O3/c1-17(2)9-7-10-18(3)11-8-12-19(4)15-16-21-23(25)20-13-5-6-14-22(20)27-24(21)26/h5-6,9,11,13-14,19,25H,7-8,10,12,15-16H2,1-4H3/b18-11+. The molecule has 1 atom stereocenters. The molecule has 0 bridgehead atoms. The van der Waals surface area contributed by atoms with E-state index in [4.69, 9.17) is 4.42 Å². The maximum atomic E-state index is 12.2. The molecule has 3 heteroatoms. The maximum absolute atomic E-state index is 12.2. The molecule has 1 aromatic carbocycles. The van der Waals surface area contributed by atoms with Gasteiger partial charge in [-0.3, -0.25) is 0 Å². The Morgan fingerprint density at radius 1 is 1.11 bits per heavy atom. The van der Waals surface area contributed by atoms with Crippen molar-refractivity contribution in [2.24, 2.45) is 5.92 Å². The first kappa shape index (κ1) is 21.0. The van der Waals surface area contributed by atoms with Gasteiger partial charge >= 0.3 is 5.63 Å². The minimum absolute atomic E-state index is 0.0732. The molecule has 0 aliphatic rings. The van der Waals surface area contributed by atoms with Gasteiger partial charge in [0.2, 0.25) is 0 Å². The van der Waals surface area contributed by atoms with Gasteiger partial charge in [-0.2, -0.15) is 0 Å². The Morgan fingerprint density at radius 3 is 2.59 bits per heavy atom. The zero-order valence-corrected chi connectivity index (χ0v) is 17.0. The summed E-state index contributed by atoms with van der Waals surface area (Å²) >= 11 is 0. The minimum Gasteiger partial charge on any atom is -0.507 e. The third kappa shape index (κ3) is 6.42. The zero-order chi connectivity index (χ0) is 19.8. The van der Waals surface area contributed by atoms with Crippen molar-refractivity contribution < 1.29 is 9.52 Å². The molecule has 27 heavy (non-hydrogen) atoms. The molecule has 1 heterocycles. The zero-order valence-electron chi connectivity index (χ0n) is 17.0. The molecule has 0 aliphatic carbocycles. The molecule has 0 fully saturated rings. The van der Waals surface area contributed by atoms with Gasteiger partial charge in [-0.1, -0.05) is 42.4 Å². The number of hydrogen-bond acceptors (Lipinski definition) is 3. The summed E-state index contributed by atoms with van der Waals surface area (Å²) < 4.78 is 5.34. The largest absolute Gasteiger partial charge is 0.507 e. The Balaban J connectivity index is 1.87. The van der Waals surface area contributed by atoms with E-state index >= 15 is 0 Å². The summed E-state index contributed by atoms with van der Waals surface area (Å²) in [6.07, 6.45) is 10.4. The van der Waals surface area contributed by atoms with Crippen LogP contribution in [-0.2, 0) is 6.42 Å². The number of para-hydroxylation sites is 1. The highest BCUT2D eigenvalue weighted by atomic mass is 16.4.